The highest BCUT2D eigenvalue weighted by molar-refractivity contribution is 6.04. The van der Waals surface area contributed by atoms with Crippen LogP contribution in [0.25, 0.3) is 5.65 Å². The van der Waals surface area contributed by atoms with Crippen molar-refractivity contribution < 1.29 is 44.3 Å². The average molecular weight is 536 g/mol. The molecule has 0 radical (unpaired) electrons. The fourth-order valence-corrected chi connectivity index (χ4v) is 3.54. The Kier molecular flexibility index (Phi) is 6.60. The third-order valence-electron chi connectivity index (χ3n) is 5.38. The second-order valence-electron chi connectivity index (χ2n) is 7.71. The molecule has 0 bridgehead atoms. The van der Waals surface area contributed by atoms with E-state index in [-0.39, 0.29) is 17.1 Å². The van der Waals surface area contributed by atoms with Gasteiger partial charge in [0.1, 0.15) is 11.4 Å². The summed E-state index contributed by atoms with van der Waals surface area (Å²) in [6, 6.07) is 1.34. The highest BCUT2D eigenvalue weighted by Crippen LogP contribution is 2.28. The Hall–Kier alpha value is -4.11. The number of anilines is 1. The van der Waals surface area contributed by atoms with Gasteiger partial charge in [0.15, 0.2) is 34.6 Å². The van der Waals surface area contributed by atoms with Gasteiger partial charge < -0.3 is 5.32 Å². The van der Waals surface area contributed by atoms with Crippen LogP contribution in [-0.4, -0.2) is 30.3 Å². The second kappa shape index (κ2) is 9.40. The quantitative estimate of drug-likeness (QED) is 0.203. The number of carbonyl (C=O) groups is 1. The molecule has 4 rings (SSSR count). The Labute approximate surface area is 200 Å². The molecular formula is C21H13F9N6O. The summed E-state index contributed by atoms with van der Waals surface area (Å²) in [5, 5.41) is 9.98. The van der Waals surface area contributed by atoms with E-state index >= 15 is 0 Å². The largest absolute Gasteiger partial charge is 0.317 e. The van der Waals surface area contributed by atoms with E-state index in [1.807, 2.05) is 0 Å². The average Bonchev–Trinajstić information content (AvgIpc) is 3.39. The smallest absolute Gasteiger partial charge is 0.280 e. The van der Waals surface area contributed by atoms with Crippen molar-refractivity contribution in [2.45, 2.75) is 33.2 Å². The van der Waals surface area contributed by atoms with E-state index in [0.29, 0.717) is 10.6 Å². The number of nitrogens with one attached hydrogen (secondary N) is 1. The molecule has 0 aliphatic carbocycles. The van der Waals surface area contributed by atoms with Crippen LogP contribution in [0.4, 0.5) is 45.2 Å². The lowest BCUT2D eigenvalue weighted by atomic mass is 10.1. The van der Waals surface area contributed by atoms with Crippen LogP contribution in [0.3, 0.4) is 0 Å². The van der Waals surface area contributed by atoms with Crippen molar-refractivity contribution >= 4 is 17.2 Å². The molecule has 0 aliphatic rings. The Bertz CT molecular complexity index is 1520. The van der Waals surface area contributed by atoms with Gasteiger partial charge in [-0.05, 0) is 19.9 Å². The monoisotopic (exact) mass is 536 g/mol. The Morgan fingerprint density at radius 2 is 1.49 bits per heavy atom. The maximum absolute atomic E-state index is 14.1. The molecular weight excluding hydrogens is 523 g/mol. The van der Waals surface area contributed by atoms with Crippen LogP contribution in [0.1, 0.15) is 51.7 Å². The first-order valence-corrected chi connectivity index (χ1v) is 10.1. The summed E-state index contributed by atoms with van der Waals surface area (Å²) in [4.78, 5) is 16.3. The number of fused-ring (bicyclic) bond motifs is 1. The molecule has 3 aromatic heterocycles. The minimum Gasteiger partial charge on any atom is -0.317 e. The number of aryl methyl sites for hydroxylation is 1. The summed E-state index contributed by atoms with van der Waals surface area (Å²) in [6.45, 7) is 1.78. The van der Waals surface area contributed by atoms with E-state index in [2.05, 4.69) is 20.5 Å². The number of benzene rings is 1. The van der Waals surface area contributed by atoms with Crippen LogP contribution in [-0.2, 0) is 6.54 Å². The summed E-state index contributed by atoms with van der Waals surface area (Å²) in [5.74, 6) is -11.7. The fraction of sp³-hybridized carbons (Fsp3) is 0.238. The molecule has 1 N–H and O–H groups in total. The van der Waals surface area contributed by atoms with Gasteiger partial charge in [0.25, 0.3) is 18.8 Å². The van der Waals surface area contributed by atoms with Gasteiger partial charge >= 0.3 is 0 Å². The zero-order chi connectivity index (χ0) is 27.3. The summed E-state index contributed by atoms with van der Waals surface area (Å²) in [7, 11) is 0. The van der Waals surface area contributed by atoms with Crippen LogP contribution in [0, 0.1) is 42.9 Å². The summed E-state index contributed by atoms with van der Waals surface area (Å²) in [6.07, 6.45) is -6.38. The number of nitrogens with zero attached hydrogens (tertiary/aromatic N) is 5. The van der Waals surface area contributed by atoms with Gasteiger partial charge in [0.2, 0.25) is 5.82 Å². The van der Waals surface area contributed by atoms with Crippen molar-refractivity contribution in [1.82, 2.24) is 24.4 Å². The molecule has 196 valence electrons. The number of carbonyl (C=O) groups excluding carboxylic acids is 1. The topological polar surface area (TPSA) is 77.1 Å². The SMILES string of the molecule is Cc1nn(Cc2c(F)c(F)c(F)c(F)c2F)c(C)c1NC(=O)c1cc2nc(C(F)F)cc(C(F)F)n2n1. The second-order valence-corrected chi connectivity index (χ2v) is 7.71. The van der Waals surface area contributed by atoms with Gasteiger partial charge in [0.05, 0.1) is 29.2 Å². The zero-order valence-electron chi connectivity index (χ0n) is 18.6. The number of rotatable bonds is 6. The first kappa shape index (κ1) is 26.0. The van der Waals surface area contributed by atoms with Gasteiger partial charge in [-0.2, -0.15) is 10.2 Å². The number of alkyl halides is 4. The lowest BCUT2D eigenvalue weighted by Crippen LogP contribution is -2.15. The van der Waals surface area contributed by atoms with E-state index in [1.165, 1.54) is 13.8 Å². The van der Waals surface area contributed by atoms with E-state index in [0.717, 1.165) is 10.7 Å². The van der Waals surface area contributed by atoms with Gasteiger partial charge in [-0.1, -0.05) is 0 Å². The molecule has 0 atom stereocenters. The molecule has 16 heteroatoms. The molecule has 0 saturated heterocycles. The van der Waals surface area contributed by atoms with E-state index < -0.39 is 82.7 Å². The lowest BCUT2D eigenvalue weighted by molar-refractivity contribution is 0.102. The van der Waals surface area contributed by atoms with Crippen LogP contribution < -0.4 is 5.32 Å². The number of halogens is 9. The Morgan fingerprint density at radius 3 is 2.05 bits per heavy atom. The van der Waals surface area contributed by atoms with Crippen molar-refractivity contribution in [3.05, 3.63) is 75.3 Å². The summed E-state index contributed by atoms with van der Waals surface area (Å²) < 4.78 is 123. The molecule has 0 unspecified atom stereocenters. The fourth-order valence-electron chi connectivity index (χ4n) is 3.54. The van der Waals surface area contributed by atoms with Crippen LogP contribution in [0.2, 0.25) is 0 Å². The normalized spacial score (nSPS) is 11.8. The highest BCUT2D eigenvalue weighted by atomic mass is 19.3. The summed E-state index contributed by atoms with van der Waals surface area (Å²) in [5.41, 5.74) is -3.93. The van der Waals surface area contributed by atoms with Gasteiger partial charge in [-0.25, -0.2) is 49.0 Å². The lowest BCUT2D eigenvalue weighted by Gasteiger charge is -2.10. The van der Waals surface area contributed by atoms with Crippen molar-refractivity contribution in [2.24, 2.45) is 0 Å². The van der Waals surface area contributed by atoms with Crippen molar-refractivity contribution in [1.29, 1.82) is 0 Å². The predicted molar refractivity (Wildman–Crippen MR) is 108 cm³/mol. The standard InChI is InChI=1S/C21H13F9N6O/c1-6-18(7(2)35(33-6)5-8-13(22)15(24)17(26)16(25)14(8)23)32-21(37)10-4-12-31-9(19(27)28)3-11(20(29)30)36(12)34-10/h3-4,19-20H,5H2,1-2H3,(H,32,37). The van der Waals surface area contributed by atoms with Crippen molar-refractivity contribution in [2.75, 3.05) is 5.32 Å². The van der Waals surface area contributed by atoms with Gasteiger partial charge in [-0.3, -0.25) is 9.48 Å². The Balaban J connectivity index is 1.67. The third-order valence-corrected chi connectivity index (χ3v) is 5.38. The molecule has 0 fully saturated rings. The Morgan fingerprint density at radius 1 is 0.892 bits per heavy atom. The number of aromatic nitrogens is 5. The zero-order valence-corrected chi connectivity index (χ0v) is 18.6. The van der Waals surface area contributed by atoms with Crippen LogP contribution in [0.5, 0.6) is 0 Å². The molecule has 7 nitrogen and oxygen atoms in total. The third kappa shape index (κ3) is 4.46. The number of hydrogen-bond acceptors (Lipinski definition) is 4. The molecule has 1 amide bonds. The van der Waals surface area contributed by atoms with E-state index in [9.17, 15) is 44.3 Å². The molecule has 0 spiro atoms. The number of hydrogen-bond donors (Lipinski definition) is 1. The summed E-state index contributed by atoms with van der Waals surface area (Å²) >= 11 is 0. The molecule has 3 heterocycles. The first-order valence-electron chi connectivity index (χ1n) is 10.1. The van der Waals surface area contributed by atoms with E-state index in [4.69, 9.17) is 0 Å². The maximum atomic E-state index is 14.1. The first-order chi connectivity index (χ1) is 17.3. The molecule has 4 aromatic rings. The highest BCUT2D eigenvalue weighted by Gasteiger charge is 2.27. The minimum absolute atomic E-state index is 0.0323. The van der Waals surface area contributed by atoms with Crippen LogP contribution in [0.15, 0.2) is 12.1 Å². The van der Waals surface area contributed by atoms with Gasteiger partial charge in [0, 0.05) is 6.07 Å². The number of amides is 1. The van der Waals surface area contributed by atoms with Crippen LogP contribution >= 0.6 is 0 Å². The predicted octanol–water partition coefficient (Wildman–Crippen LogP) is 5.41. The van der Waals surface area contributed by atoms with Gasteiger partial charge in [-0.15, -0.1) is 0 Å². The molecule has 37 heavy (non-hydrogen) atoms. The molecule has 0 aliphatic heterocycles. The minimum atomic E-state index is -3.22. The van der Waals surface area contributed by atoms with E-state index in [1.54, 1.807) is 0 Å². The van der Waals surface area contributed by atoms with Crippen molar-refractivity contribution in [3.8, 4) is 0 Å². The maximum Gasteiger partial charge on any atom is 0.280 e. The molecule has 1 aromatic carbocycles. The van der Waals surface area contributed by atoms with Crippen molar-refractivity contribution in [3.63, 3.8) is 0 Å². The molecule has 0 saturated carbocycles.